The normalized spacial score (nSPS) is 13.6. The molecule has 4 nitrogen and oxygen atoms in total. The van der Waals surface area contributed by atoms with Crippen molar-refractivity contribution in [1.29, 1.82) is 0 Å². The average Bonchev–Trinajstić information content (AvgIpc) is 3.37. The molecule has 3 atom stereocenters. The molecular formula is C66H125NO3. The van der Waals surface area contributed by atoms with Gasteiger partial charge in [-0.15, -0.1) is 0 Å². The van der Waals surface area contributed by atoms with Gasteiger partial charge in [0.2, 0.25) is 0 Å². The number of aliphatic hydroxyl groups excluding tert-OH is 2. The van der Waals surface area contributed by atoms with Crippen LogP contribution in [0.5, 0.6) is 0 Å². The van der Waals surface area contributed by atoms with Crippen LogP contribution >= 0.6 is 0 Å². The maximum absolute atomic E-state index is 12.4. The van der Waals surface area contributed by atoms with Crippen molar-refractivity contribution >= 4 is 5.78 Å². The highest BCUT2D eigenvalue weighted by molar-refractivity contribution is 5.93. The van der Waals surface area contributed by atoms with Crippen LogP contribution in [-0.2, 0) is 4.79 Å². The summed E-state index contributed by atoms with van der Waals surface area (Å²) in [6.45, 7) is 4.54. The highest BCUT2D eigenvalue weighted by Crippen LogP contribution is 2.18. The molecule has 412 valence electrons. The van der Waals surface area contributed by atoms with Crippen LogP contribution in [0.3, 0.4) is 0 Å². The highest BCUT2D eigenvalue weighted by Gasteiger charge is 2.25. The molecule has 0 saturated carbocycles. The number of aliphatic hydroxyl groups is 2. The van der Waals surface area contributed by atoms with E-state index >= 15 is 0 Å². The van der Waals surface area contributed by atoms with Crippen molar-refractivity contribution < 1.29 is 15.0 Å². The fourth-order valence-corrected chi connectivity index (χ4v) is 9.99. The molecule has 0 bridgehead atoms. The zero-order chi connectivity index (χ0) is 50.7. The molecule has 0 aromatic rings. The van der Waals surface area contributed by atoms with E-state index in [9.17, 15) is 15.0 Å². The van der Waals surface area contributed by atoms with Gasteiger partial charge in [-0.05, 0) is 63.9 Å². The Bertz CT molecular complexity index is 1130. The molecule has 0 heterocycles. The maximum atomic E-state index is 12.4. The second-order valence-electron chi connectivity index (χ2n) is 22.0. The third kappa shape index (κ3) is 54.3. The van der Waals surface area contributed by atoms with Gasteiger partial charge in [0.05, 0.1) is 12.1 Å². The predicted molar refractivity (Wildman–Crippen MR) is 313 cm³/mol. The molecule has 1 unspecified atom stereocenters. The van der Waals surface area contributed by atoms with Crippen LogP contribution in [0.4, 0.5) is 0 Å². The Morgan fingerprint density at radius 2 is 0.557 bits per heavy atom. The van der Waals surface area contributed by atoms with Gasteiger partial charge in [-0.1, -0.05) is 332 Å². The minimum atomic E-state index is -1.38. The fourth-order valence-electron chi connectivity index (χ4n) is 9.99. The second kappa shape index (κ2) is 60.1. The van der Waals surface area contributed by atoms with Crippen molar-refractivity contribution in [2.24, 2.45) is 5.73 Å². The number of hydrogen-bond acceptors (Lipinski definition) is 4. The molecule has 0 aliphatic carbocycles. The first kappa shape index (κ1) is 68.5. The number of unbranched alkanes of at least 4 members (excludes halogenated alkanes) is 48. The Labute approximate surface area is 439 Å². The Morgan fingerprint density at radius 3 is 0.857 bits per heavy atom. The van der Waals surface area contributed by atoms with E-state index in [1.807, 2.05) is 12.2 Å². The van der Waals surface area contributed by atoms with Crippen LogP contribution in [0.1, 0.15) is 348 Å². The monoisotopic (exact) mass is 980 g/mol. The molecule has 0 aromatic heterocycles. The molecule has 4 N–H and O–H groups in total. The predicted octanol–water partition coefficient (Wildman–Crippen LogP) is 21.2. The number of carbonyl (C=O) groups is 1. The molecular weight excluding hydrogens is 855 g/mol. The summed E-state index contributed by atoms with van der Waals surface area (Å²) >= 11 is 0. The fraction of sp³-hybridized carbons (Fsp3) is 0.864. The molecule has 0 aliphatic heterocycles. The first-order chi connectivity index (χ1) is 34.5. The number of rotatable bonds is 59. The van der Waals surface area contributed by atoms with Crippen LogP contribution in [0.15, 0.2) is 48.6 Å². The van der Waals surface area contributed by atoms with E-state index in [4.69, 9.17) is 5.73 Å². The summed E-state index contributed by atoms with van der Waals surface area (Å²) in [7, 11) is 0. The summed E-state index contributed by atoms with van der Waals surface area (Å²) in [5.41, 5.74) is 6.03. The largest absolute Gasteiger partial charge is 0.387 e. The maximum Gasteiger partial charge on any atom is 0.185 e. The first-order valence-corrected chi connectivity index (χ1v) is 31.8. The van der Waals surface area contributed by atoms with Crippen molar-refractivity contribution in [3.63, 3.8) is 0 Å². The van der Waals surface area contributed by atoms with Gasteiger partial charge in [0, 0.05) is 0 Å². The standard InChI is InChI=1S/C66H125NO3/c1-3-5-7-9-11-13-15-17-18-19-20-21-22-23-24-25-26-27-28-29-30-31-32-33-34-35-36-37-38-39-40-41-42-43-44-45-46-47-48-50-52-54-56-58-60-62-64(69)66(70)65(67)63(68)61-59-57-55-53-51-49-16-14-12-10-8-6-4-2/h11,13,17-18,59-63,65-66,68,70H,3-10,12,14-16,19-58,67H2,1-2H3/b13-11-,18-17-,61-59+,62-60?/t63-,65-,66?/m1/s1. The molecule has 0 amide bonds. The summed E-state index contributed by atoms with van der Waals surface area (Å²) in [4.78, 5) is 12.4. The number of allylic oxidation sites excluding steroid dienone is 6. The molecule has 70 heavy (non-hydrogen) atoms. The topological polar surface area (TPSA) is 83.5 Å². The zero-order valence-electron chi connectivity index (χ0n) is 47.5. The van der Waals surface area contributed by atoms with Gasteiger partial charge < -0.3 is 15.9 Å². The third-order valence-electron chi connectivity index (χ3n) is 15.0. The summed E-state index contributed by atoms with van der Waals surface area (Å²) in [6, 6.07) is -1.00. The van der Waals surface area contributed by atoms with Gasteiger partial charge in [-0.25, -0.2) is 0 Å². The number of ketones is 1. The van der Waals surface area contributed by atoms with Crippen LogP contribution in [0, 0.1) is 0 Å². The second-order valence-corrected chi connectivity index (χ2v) is 22.0. The van der Waals surface area contributed by atoms with Gasteiger partial charge in [-0.2, -0.15) is 0 Å². The van der Waals surface area contributed by atoms with Crippen LogP contribution in [0.25, 0.3) is 0 Å². The van der Waals surface area contributed by atoms with E-state index in [0.717, 1.165) is 32.1 Å². The van der Waals surface area contributed by atoms with Crippen molar-refractivity contribution in [2.75, 3.05) is 0 Å². The Morgan fingerprint density at radius 1 is 0.329 bits per heavy atom. The SMILES string of the molecule is CCCCC/C=C\C/C=C\CCCCCCCCCCCCCCCCCCCCCCCCCCCCCCCCCCCC=CC(=O)C(O)[C@H](N)[C@H](O)/C=C/CCCCCCCCCCCCC. The van der Waals surface area contributed by atoms with Crippen molar-refractivity contribution in [3.05, 3.63) is 48.6 Å². The number of nitrogens with two attached hydrogens (primary N) is 1. The number of hydrogen-bond donors (Lipinski definition) is 3. The number of carbonyl (C=O) groups excluding carboxylic acids is 1. The van der Waals surface area contributed by atoms with Gasteiger partial charge in [0.15, 0.2) is 5.78 Å². The summed E-state index contributed by atoms with van der Waals surface area (Å²) in [6.07, 6.45) is 84.3. The minimum Gasteiger partial charge on any atom is -0.387 e. The molecule has 0 rings (SSSR count). The molecule has 0 saturated heterocycles. The minimum absolute atomic E-state index is 0.411. The van der Waals surface area contributed by atoms with E-state index in [1.165, 1.54) is 308 Å². The van der Waals surface area contributed by atoms with Crippen molar-refractivity contribution in [3.8, 4) is 0 Å². The molecule has 0 fully saturated rings. The molecule has 0 spiro atoms. The van der Waals surface area contributed by atoms with Crippen molar-refractivity contribution in [2.45, 2.75) is 366 Å². The molecule has 0 aromatic carbocycles. The molecule has 4 heteroatoms. The van der Waals surface area contributed by atoms with Crippen LogP contribution in [0.2, 0.25) is 0 Å². The Kier molecular flexibility index (Phi) is 58.8. The Hall–Kier alpha value is -1.49. The summed E-state index contributed by atoms with van der Waals surface area (Å²) < 4.78 is 0. The molecule has 0 aliphatic rings. The van der Waals surface area contributed by atoms with E-state index in [0.29, 0.717) is 0 Å². The first-order valence-electron chi connectivity index (χ1n) is 31.8. The lowest BCUT2D eigenvalue weighted by Crippen LogP contribution is -2.47. The van der Waals surface area contributed by atoms with Gasteiger partial charge >= 0.3 is 0 Å². The lowest BCUT2D eigenvalue weighted by Gasteiger charge is -2.19. The lowest BCUT2D eigenvalue weighted by molar-refractivity contribution is -0.124. The van der Waals surface area contributed by atoms with Gasteiger partial charge in [0.25, 0.3) is 0 Å². The smallest absolute Gasteiger partial charge is 0.185 e. The van der Waals surface area contributed by atoms with Gasteiger partial charge in [0.1, 0.15) is 6.10 Å². The summed E-state index contributed by atoms with van der Waals surface area (Å²) in [5, 5.41) is 20.8. The van der Waals surface area contributed by atoms with E-state index in [1.54, 1.807) is 6.08 Å². The van der Waals surface area contributed by atoms with Crippen LogP contribution < -0.4 is 5.73 Å². The lowest BCUT2D eigenvalue weighted by atomic mass is 10.0. The molecule has 0 radical (unpaired) electrons. The zero-order valence-corrected chi connectivity index (χ0v) is 47.5. The van der Waals surface area contributed by atoms with Crippen molar-refractivity contribution in [1.82, 2.24) is 0 Å². The van der Waals surface area contributed by atoms with Crippen LogP contribution in [-0.4, -0.2) is 34.2 Å². The highest BCUT2D eigenvalue weighted by atomic mass is 16.3. The van der Waals surface area contributed by atoms with E-state index in [2.05, 4.69) is 38.2 Å². The quantitative estimate of drug-likeness (QED) is 0.0322. The average molecular weight is 981 g/mol. The van der Waals surface area contributed by atoms with E-state index < -0.39 is 24.0 Å². The third-order valence-corrected chi connectivity index (χ3v) is 15.0. The van der Waals surface area contributed by atoms with Gasteiger partial charge in [-0.3, -0.25) is 4.79 Å². The Balaban J connectivity index is 3.36. The van der Waals surface area contributed by atoms with E-state index in [-0.39, 0.29) is 0 Å². The summed E-state index contributed by atoms with van der Waals surface area (Å²) in [5.74, 6) is -0.411.